The molecule has 2 rings (SSSR count). The first-order chi connectivity index (χ1) is 7.68. The fourth-order valence-corrected chi connectivity index (χ4v) is 2.94. The Morgan fingerprint density at radius 3 is 2.75 bits per heavy atom. The molecule has 1 aliphatic heterocycles. The molecule has 0 saturated carbocycles. The smallest absolute Gasteiger partial charge is 0.174 e. The molecule has 0 aliphatic carbocycles. The maximum absolute atomic E-state index is 10.7. The molecular formula is C13H15NOS. The molecule has 0 radical (unpaired) electrons. The SMILES string of the molecule is C=CCN1C(=C)SCC1(O)c1ccccc1. The highest BCUT2D eigenvalue weighted by Gasteiger charge is 2.42. The zero-order chi connectivity index (χ0) is 11.6. The number of aliphatic hydroxyl groups is 1. The van der Waals surface area contributed by atoms with Crippen LogP contribution in [0.3, 0.4) is 0 Å². The van der Waals surface area contributed by atoms with E-state index >= 15 is 0 Å². The second-order valence-corrected chi connectivity index (χ2v) is 4.81. The predicted octanol–water partition coefficient (Wildman–Crippen LogP) is 2.54. The molecule has 1 saturated heterocycles. The van der Waals surface area contributed by atoms with Gasteiger partial charge in [0.05, 0.1) is 10.8 Å². The lowest BCUT2D eigenvalue weighted by molar-refractivity contribution is -0.0576. The maximum atomic E-state index is 10.7. The van der Waals surface area contributed by atoms with Crippen LogP contribution in [0.1, 0.15) is 5.56 Å². The van der Waals surface area contributed by atoms with Crippen LogP contribution in [-0.4, -0.2) is 22.3 Å². The Morgan fingerprint density at radius 2 is 2.12 bits per heavy atom. The highest BCUT2D eigenvalue weighted by molar-refractivity contribution is 8.03. The first-order valence-electron chi connectivity index (χ1n) is 5.16. The van der Waals surface area contributed by atoms with Crippen molar-refractivity contribution in [2.24, 2.45) is 0 Å². The monoisotopic (exact) mass is 233 g/mol. The predicted molar refractivity (Wildman–Crippen MR) is 68.8 cm³/mol. The molecule has 1 aromatic carbocycles. The average molecular weight is 233 g/mol. The van der Waals surface area contributed by atoms with Crippen LogP contribution in [-0.2, 0) is 5.72 Å². The fourth-order valence-electron chi connectivity index (χ4n) is 1.87. The van der Waals surface area contributed by atoms with E-state index in [0.29, 0.717) is 12.3 Å². The molecule has 3 heteroatoms. The largest absolute Gasteiger partial charge is 0.366 e. The first kappa shape index (κ1) is 11.3. The minimum absolute atomic E-state index is 0.608. The summed E-state index contributed by atoms with van der Waals surface area (Å²) in [5.74, 6) is 0.615. The quantitative estimate of drug-likeness (QED) is 0.812. The lowest BCUT2D eigenvalue weighted by Gasteiger charge is -2.34. The van der Waals surface area contributed by atoms with Crippen molar-refractivity contribution in [2.45, 2.75) is 5.72 Å². The Morgan fingerprint density at radius 1 is 1.44 bits per heavy atom. The number of hydrogen-bond acceptors (Lipinski definition) is 3. The normalized spacial score (nSPS) is 24.8. The van der Waals surface area contributed by atoms with E-state index in [1.54, 1.807) is 17.8 Å². The van der Waals surface area contributed by atoms with Crippen LogP contribution < -0.4 is 0 Å². The molecule has 0 bridgehead atoms. The number of thioether (sulfide) groups is 1. The van der Waals surface area contributed by atoms with Crippen molar-refractivity contribution >= 4 is 11.8 Å². The molecule has 0 spiro atoms. The van der Waals surface area contributed by atoms with Gasteiger partial charge in [0.2, 0.25) is 0 Å². The van der Waals surface area contributed by atoms with Crippen LogP contribution in [0.4, 0.5) is 0 Å². The number of nitrogens with zero attached hydrogens (tertiary/aromatic N) is 1. The Kier molecular flexibility index (Phi) is 3.08. The maximum Gasteiger partial charge on any atom is 0.174 e. The molecule has 1 aromatic rings. The topological polar surface area (TPSA) is 23.5 Å². The van der Waals surface area contributed by atoms with Crippen LogP contribution in [0.2, 0.25) is 0 Å². The third kappa shape index (κ3) is 1.77. The van der Waals surface area contributed by atoms with Gasteiger partial charge in [0, 0.05) is 12.1 Å². The number of hydrogen-bond donors (Lipinski definition) is 1. The highest BCUT2D eigenvalue weighted by Crippen LogP contribution is 2.43. The summed E-state index contributed by atoms with van der Waals surface area (Å²) in [6.45, 7) is 8.28. The highest BCUT2D eigenvalue weighted by atomic mass is 32.2. The molecule has 1 unspecified atom stereocenters. The van der Waals surface area contributed by atoms with Crippen LogP contribution in [0.5, 0.6) is 0 Å². The van der Waals surface area contributed by atoms with Crippen molar-refractivity contribution < 1.29 is 5.11 Å². The van der Waals surface area contributed by atoms with Crippen molar-refractivity contribution in [2.75, 3.05) is 12.3 Å². The number of rotatable bonds is 3. The van der Waals surface area contributed by atoms with Gasteiger partial charge in [-0.15, -0.1) is 18.3 Å². The van der Waals surface area contributed by atoms with Crippen LogP contribution in [0.25, 0.3) is 0 Å². The van der Waals surface area contributed by atoms with Crippen molar-refractivity contribution in [1.29, 1.82) is 0 Å². The fraction of sp³-hybridized carbons (Fsp3) is 0.231. The summed E-state index contributed by atoms with van der Waals surface area (Å²) in [6.07, 6.45) is 1.78. The molecule has 16 heavy (non-hydrogen) atoms. The number of benzene rings is 1. The molecule has 2 nitrogen and oxygen atoms in total. The van der Waals surface area contributed by atoms with Gasteiger partial charge in [-0.2, -0.15) is 0 Å². The summed E-state index contributed by atoms with van der Waals surface area (Å²) in [5, 5.41) is 11.6. The Hall–Kier alpha value is -1.19. The standard InChI is InChI=1S/C13H15NOS/c1-3-9-14-11(2)16-10-13(14,15)12-7-5-4-6-8-12/h3-8,15H,1-2,9-10H2. The molecule has 1 heterocycles. The molecule has 0 amide bonds. The van der Waals surface area contributed by atoms with Gasteiger partial charge in [0.15, 0.2) is 5.72 Å². The third-order valence-corrected chi connectivity index (χ3v) is 3.84. The van der Waals surface area contributed by atoms with E-state index in [1.807, 2.05) is 35.2 Å². The summed E-state index contributed by atoms with van der Waals surface area (Å²) >= 11 is 1.58. The summed E-state index contributed by atoms with van der Waals surface area (Å²) in [5.41, 5.74) is -0.0417. The summed E-state index contributed by atoms with van der Waals surface area (Å²) in [4.78, 5) is 1.89. The molecular weight excluding hydrogens is 218 g/mol. The minimum atomic E-state index is -0.947. The van der Waals surface area contributed by atoms with E-state index in [2.05, 4.69) is 13.2 Å². The summed E-state index contributed by atoms with van der Waals surface area (Å²) < 4.78 is 0. The van der Waals surface area contributed by atoms with Crippen LogP contribution >= 0.6 is 11.8 Å². The second kappa shape index (κ2) is 4.36. The van der Waals surface area contributed by atoms with E-state index in [-0.39, 0.29) is 0 Å². The van der Waals surface area contributed by atoms with Gasteiger partial charge in [-0.1, -0.05) is 43.0 Å². The lowest BCUT2D eigenvalue weighted by Crippen LogP contribution is -2.42. The Bertz CT molecular complexity index is 404. The first-order valence-corrected chi connectivity index (χ1v) is 6.15. The zero-order valence-corrected chi connectivity index (χ0v) is 9.91. The van der Waals surface area contributed by atoms with Gasteiger partial charge in [0.1, 0.15) is 0 Å². The van der Waals surface area contributed by atoms with E-state index in [9.17, 15) is 5.11 Å². The van der Waals surface area contributed by atoms with Crippen molar-refractivity contribution in [3.8, 4) is 0 Å². The third-order valence-electron chi connectivity index (χ3n) is 2.74. The lowest BCUT2D eigenvalue weighted by atomic mass is 10.0. The molecule has 1 aliphatic rings. The van der Waals surface area contributed by atoms with Crippen LogP contribution in [0, 0.1) is 0 Å². The zero-order valence-electron chi connectivity index (χ0n) is 9.10. The van der Waals surface area contributed by atoms with Crippen molar-refractivity contribution in [3.63, 3.8) is 0 Å². The summed E-state index contributed by atoms with van der Waals surface area (Å²) in [7, 11) is 0. The van der Waals surface area contributed by atoms with E-state index in [4.69, 9.17) is 0 Å². The van der Waals surface area contributed by atoms with Gasteiger partial charge in [-0.05, 0) is 0 Å². The van der Waals surface area contributed by atoms with Crippen molar-refractivity contribution in [1.82, 2.24) is 4.90 Å². The van der Waals surface area contributed by atoms with E-state index < -0.39 is 5.72 Å². The molecule has 84 valence electrons. The van der Waals surface area contributed by atoms with E-state index in [0.717, 1.165) is 10.6 Å². The molecule has 1 fully saturated rings. The molecule has 1 atom stereocenters. The minimum Gasteiger partial charge on any atom is -0.366 e. The van der Waals surface area contributed by atoms with Gasteiger partial charge < -0.3 is 10.0 Å². The molecule has 1 N–H and O–H groups in total. The second-order valence-electron chi connectivity index (χ2n) is 3.76. The van der Waals surface area contributed by atoms with Gasteiger partial charge >= 0.3 is 0 Å². The van der Waals surface area contributed by atoms with Gasteiger partial charge in [-0.3, -0.25) is 0 Å². The van der Waals surface area contributed by atoms with Crippen molar-refractivity contribution in [3.05, 3.63) is 60.2 Å². The summed E-state index contributed by atoms with van der Waals surface area (Å²) in [6, 6.07) is 9.70. The van der Waals surface area contributed by atoms with Gasteiger partial charge in [-0.25, -0.2) is 0 Å². The van der Waals surface area contributed by atoms with Crippen LogP contribution in [0.15, 0.2) is 54.6 Å². The van der Waals surface area contributed by atoms with Gasteiger partial charge in [0.25, 0.3) is 0 Å². The Balaban J connectivity index is 2.37. The molecule has 0 aromatic heterocycles. The Labute approximate surface area is 100 Å². The average Bonchev–Trinajstić information content (AvgIpc) is 2.60. The van der Waals surface area contributed by atoms with E-state index in [1.165, 1.54) is 0 Å².